The number of hydrogen-bond donors (Lipinski definition) is 2. The van der Waals surface area contributed by atoms with E-state index < -0.39 is 6.04 Å². The van der Waals surface area contributed by atoms with Crippen molar-refractivity contribution >= 4 is 11.9 Å². The predicted molar refractivity (Wildman–Crippen MR) is 94.4 cm³/mol. The fourth-order valence-corrected chi connectivity index (χ4v) is 3.38. The standard InChI is InChI=1S/C20H18FN3O2/c1-12-2-6-14(7-3-12)18-17-16(22-20(26)23-18)11-24(19(17)25)10-13-4-8-15(21)9-5-13/h2-9,18H,10-11H2,1H3,(H2,22,23,26)/t18-/m1/s1. The van der Waals surface area contributed by atoms with Gasteiger partial charge in [0.2, 0.25) is 0 Å². The molecule has 0 saturated carbocycles. The van der Waals surface area contributed by atoms with Gasteiger partial charge in [-0.25, -0.2) is 9.18 Å². The Labute approximate surface area is 150 Å². The van der Waals surface area contributed by atoms with Crippen LogP contribution in [0.3, 0.4) is 0 Å². The molecule has 2 heterocycles. The van der Waals surface area contributed by atoms with Gasteiger partial charge in [-0.05, 0) is 30.2 Å². The highest BCUT2D eigenvalue weighted by molar-refractivity contribution is 6.01. The second kappa shape index (κ2) is 6.29. The Kier molecular flexibility index (Phi) is 3.95. The van der Waals surface area contributed by atoms with Gasteiger partial charge in [0.15, 0.2) is 0 Å². The summed E-state index contributed by atoms with van der Waals surface area (Å²) in [5, 5.41) is 5.59. The Hall–Kier alpha value is -3.15. The summed E-state index contributed by atoms with van der Waals surface area (Å²) in [7, 11) is 0. The van der Waals surface area contributed by atoms with E-state index in [1.54, 1.807) is 17.0 Å². The molecule has 0 unspecified atom stereocenters. The summed E-state index contributed by atoms with van der Waals surface area (Å²) >= 11 is 0. The van der Waals surface area contributed by atoms with Gasteiger partial charge in [-0.15, -0.1) is 0 Å². The average molecular weight is 351 g/mol. The zero-order valence-corrected chi connectivity index (χ0v) is 14.3. The number of amides is 3. The van der Waals surface area contributed by atoms with E-state index in [-0.39, 0.29) is 17.8 Å². The fourth-order valence-electron chi connectivity index (χ4n) is 3.38. The summed E-state index contributed by atoms with van der Waals surface area (Å²) in [6.07, 6.45) is 0. The highest BCUT2D eigenvalue weighted by Crippen LogP contribution is 2.33. The van der Waals surface area contributed by atoms with Gasteiger partial charge in [0.25, 0.3) is 5.91 Å². The molecule has 2 aliphatic rings. The quantitative estimate of drug-likeness (QED) is 0.893. The molecule has 0 aliphatic carbocycles. The lowest BCUT2D eigenvalue weighted by atomic mass is 9.95. The van der Waals surface area contributed by atoms with Gasteiger partial charge in [0.05, 0.1) is 23.9 Å². The SMILES string of the molecule is Cc1ccc([C@H]2NC(=O)NC3=C2C(=O)N(Cc2ccc(F)cc2)C3)cc1. The van der Waals surface area contributed by atoms with Crippen molar-refractivity contribution < 1.29 is 14.0 Å². The molecule has 2 aromatic carbocycles. The van der Waals surface area contributed by atoms with Crippen LogP contribution in [0.2, 0.25) is 0 Å². The van der Waals surface area contributed by atoms with Crippen LogP contribution in [-0.4, -0.2) is 23.4 Å². The van der Waals surface area contributed by atoms with Crippen molar-refractivity contribution in [3.05, 3.63) is 82.3 Å². The molecule has 0 spiro atoms. The van der Waals surface area contributed by atoms with E-state index in [1.807, 2.05) is 31.2 Å². The first-order chi connectivity index (χ1) is 12.5. The van der Waals surface area contributed by atoms with Crippen LogP contribution in [0.4, 0.5) is 9.18 Å². The first-order valence-corrected chi connectivity index (χ1v) is 8.42. The van der Waals surface area contributed by atoms with Crippen LogP contribution in [0.15, 0.2) is 59.8 Å². The summed E-state index contributed by atoms with van der Waals surface area (Å²) in [6.45, 7) is 2.69. The fraction of sp³-hybridized carbons (Fsp3) is 0.200. The van der Waals surface area contributed by atoms with Crippen LogP contribution in [0.25, 0.3) is 0 Å². The van der Waals surface area contributed by atoms with Crippen molar-refractivity contribution in [1.29, 1.82) is 0 Å². The number of carbonyl (C=O) groups excluding carboxylic acids is 2. The first-order valence-electron chi connectivity index (χ1n) is 8.42. The zero-order valence-electron chi connectivity index (χ0n) is 14.3. The lowest BCUT2D eigenvalue weighted by Crippen LogP contribution is -2.44. The number of carbonyl (C=O) groups is 2. The van der Waals surface area contributed by atoms with Crippen molar-refractivity contribution in [2.75, 3.05) is 6.54 Å². The van der Waals surface area contributed by atoms with E-state index >= 15 is 0 Å². The molecule has 2 N–H and O–H groups in total. The second-order valence-electron chi connectivity index (χ2n) is 6.62. The molecule has 132 valence electrons. The van der Waals surface area contributed by atoms with Crippen LogP contribution in [0.5, 0.6) is 0 Å². The van der Waals surface area contributed by atoms with Gasteiger partial charge in [0, 0.05) is 6.54 Å². The van der Waals surface area contributed by atoms with E-state index in [0.29, 0.717) is 24.4 Å². The van der Waals surface area contributed by atoms with Gasteiger partial charge < -0.3 is 15.5 Å². The lowest BCUT2D eigenvalue weighted by molar-refractivity contribution is -0.126. The molecule has 4 rings (SSSR count). The highest BCUT2D eigenvalue weighted by atomic mass is 19.1. The van der Waals surface area contributed by atoms with Crippen molar-refractivity contribution in [2.24, 2.45) is 0 Å². The molecule has 0 saturated heterocycles. The Morgan fingerprint density at radius 1 is 1.08 bits per heavy atom. The third-order valence-corrected chi connectivity index (χ3v) is 4.72. The number of hydrogen-bond acceptors (Lipinski definition) is 2. The van der Waals surface area contributed by atoms with Crippen LogP contribution in [-0.2, 0) is 11.3 Å². The maximum atomic E-state index is 13.1. The molecule has 2 aliphatic heterocycles. The van der Waals surface area contributed by atoms with E-state index in [0.717, 1.165) is 16.7 Å². The van der Waals surface area contributed by atoms with E-state index in [4.69, 9.17) is 0 Å². The monoisotopic (exact) mass is 351 g/mol. The van der Waals surface area contributed by atoms with Crippen LogP contribution in [0.1, 0.15) is 22.7 Å². The van der Waals surface area contributed by atoms with Gasteiger partial charge in [-0.2, -0.15) is 0 Å². The lowest BCUT2D eigenvalue weighted by Gasteiger charge is -2.25. The minimum absolute atomic E-state index is 0.123. The van der Waals surface area contributed by atoms with E-state index in [1.165, 1.54) is 12.1 Å². The molecule has 3 amide bonds. The van der Waals surface area contributed by atoms with Gasteiger partial charge >= 0.3 is 6.03 Å². The zero-order chi connectivity index (χ0) is 18.3. The molecule has 0 fully saturated rings. The molecule has 2 aromatic rings. The average Bonchev–Trinajstić information content (AvgIpc) is 2.92. The summed E-state index contributed by atoms with van der Waals surface area (Å²) in [5.41, 5.74) is 4.02. The van der Waals surface area contributed by atoms with Gasteiger partial charge in [0.1, 0.15) is 5.82 Å². The number of benzene rings is 2. The Balaban J connectivity index is 1.61. The first kappa shape index (κ1) is 16.3. The van der Waals surface area contributed by atoms with Crippen molar-refractivity contribution in [2.45, 2.75) is 19.5 Å². The predicted octanol–water partition coefficient (Wildman–Crippen LogP) is 2.78. The maximum Gasteiger partial charge on any atom is 0.319 e. The van der Waals surface area contributed by atoms with Crippen LogP contribution >= 0.6 is 0 Å². The molecule has 6 heteroatoms. The topological polar surface area (TPSA) is 61.4 Å². The summed E-state index contributed by atoms with van der Waals surface area (Å²) in [5.74, 6) is -0.433. The van der Waals surface area contributed by atoms with Crippen molar-refractivity contribution in [3.63, 3.8) is 0 Å². The number of rotatable bonds is 3. The number of halogens is 1. The third-order valence-electron chi connectivity index (χ3n) is 4.72. The van der Waals surface area contributed by atoms with E-state index in [2.05, 4.69) is 10.6 Å². The number of nitrogens with one attached hydrogen (secondary N) is 2. The Morgan fingerprint density at radius 3 is 2.46 bits per heavy atom. The number of urea groups is 1. The summed E-state index contributed by atoms with van der Waals surface area (Å²) in [4.78, 5) is 26.7. The van der Waals surface area contributed by atoms with E-state index in [9.17, 15) is 14.0 Å². The molecule has 0 radical (unpaired) electrons. The van der Waals surface area contributed by atoms with Crippen LogP contribution in [0, 0.1) is 12.7 Å². The molecular formula is C20H18FN3O2. The maximum absolute atomic E-state index is 13.1. The molecule has 0 bridgehead atoms. The van der Waals surface area contributed by atoms with Crippen molar-refractivity contribution in [3.8, 4) is 0 Å². The number of nitrogens with zero attached hydrogens (tertiary/aromatic N) is 1. The second-order valence-corrected chi connectivity index (χ2v) is 6.62. The minimum Gasteiger partial charge on any atom is -0.329 e. The largest absolute Gasteiger partial charge is 0.329 e. The minimum atomic E-state index is -0.468. The van der Waals surface area contributed by atoms with Crippen LogP contribution < -0.4 is 10.6 Å². The Morgan fingerprint density at radius 2 is 1.77 bits per heavy atom. The van der Waals surface area contributed by atoms with Crippen molar-refractivity contribution in [1.82, 2.24) is 15.5 Å². The van der Waals surface area contributed by atoms with Gasteiger partial charge in [-0.1, -0.05) is 42.0 Å². The smallest absolute Gasteiger partial charge is 0.319 e. The summed E-state index contributed by atoms with van der Waals surface area (Å²) in [6, 6.07) is 13.1. The van der Waals surface area contributed by atoms with Gasteiger partial charge in [-0.3, -0.25) is 4.79 Å². The molecule has 1 atom stereocenters. The number of aryl methyl sites for hydroxylation is 1. The molecule has 5 nitrogen and oxygen atoms in total. The molecule has 0 aromatic heterocycles. The molecule has 26 heavy (non-hydrogen) atoms. The highest BCUT2D eigenvalue weighted by Gasteiger charge is 2.40. The normalized spacial score (nSPS) is 19.3. The summed E-state index contributed by atoms with van der Waals surface area (Å²) < 4.78 is 13.1. The third kappa shape index (κ3) is 2.94. The molecular weight excluding hydrogens is 333 g/mol. The Bertz CT molecular complexity index is 904.